The standard InChI is InChI=1S/C23H25BrNO/c24-22-8-4-7-19(16-22)13-14-23(26)25-17-21-11-9-20(10-12-21)15-18-5-2-1-3-6-18/h4,7-14,16H,1-3,5-6,15,17H2,(H,25,26)/b14-13+. The minimum Gasteiger partial charge on any atom is -0.348 e. The molecule has 26 heavy (non-hydrogen) atoms. The van der Waals surface area contributed by atoms with Crippen LogP contribution >= 0.6 is 15.9 Å². The molecule has 0 atom stereocenters. The Morgan fingerprint density at radius 2 is 1.73 bits per heavy atom. The van der Waals surface area contributed by atoms with Crippen LogP contribution in [0.1, 0.15) is 48.8 Å². The molecule has 0 unspecified atom stereocenters. The molecule has 3 heteroatoms. The van der Waals surface area contributed by atoms with Crippen LogP contribution in [-0.4, -0.2) is 5.91 Å². The number of halogens is 1. The maximum atomic E-state index is 12.0. The molecule has 0 aromatic heterocycles. The first-order chi connectivity index (χ1) is 12.7. The van der Waals surface area contributed by atoms with Gasteiger partial charge in [0.15, 0.2) is 0 Å². The molecule has 1 N–H and O–H groups in total. The van der Waals surface area contributed by atoms with Gasteiger partial charge < -0.3 is 5.32 Å². The van der Waals surface area contributed by atoms with Gasteiger partial charge in [0.25, 0.3) is 0 Å². The Kier molecular flexibility index (Phi) is 7.07. The lowest BCUT2D eigenvalue weighted by Crippen LogP contribution is -2.20. The van der Waals surface area contributed by atoms with E-state index in [9.17, 15) is 4.79 Å². The van der Waals surface area contributed by atoms with E-state index < -0.39 is 0 Å². The second-order valence-corrected chi connectivity index (χ2v) is 7.83. The topological polar surface area (TPSA) is 29.1 Å². The highest BCUT2D eigenvalue weighted by Crippen LogP contribution is 2.28. The van der Waals surface area contributed by atoms with Crippen molar-refractivity contribution in [3.63, 3.8) is 0 Å². The predicted molar refractivity (Wildman–Crippen MR) is 111 cm³/mol. The molecule has 0 saturated heterocycles. The van der Waals surface area contributed by atoms with Crippen LogP contribution in [0.5, 0.6) is 0 Å². The number of carbonyl (C=O) groups is 1. The first kappa shape index (κ1) is 18.9. The highest BCUT2D eigenvalue weighted by Gasteiger charge is 2.14. The SMILES string of the molecule is O=C(/C=C/c1cccc(Br)c1)NCc1ccc(C[C]2CCCCC2)cc1. The Labute approximate surface area is 164 Å². The van der Waals surface area contributed by atoms with Crippen LogP contribution in [-0.2, 0) is 17.8 Å². The van der Waals surface area contributed by atoms with Gasteiger partial charge in [0.2, 0.25) is 5.91 Å². The molecular formula is C23H25BrNO. The predicted octanol–water partition coefficient (Wildman–Crippen LogP) is 5.86. The smallest absolute Gasteiger partial charge is 0.244 e. The molecule has 2 nitrogen and oxygen atoms in total. The Balaban J connectivity index is 1.45. The molecule has 0 aliphatic heterocycles. The quantitative estimate of drug-likeness (QED) is 0.593. The maximum Gasteiger partial charge on any atom is 0.244 e. The van der Waals surface area contributed by atoms with Gasteiger partial charge in [-0.05, 0) is 60.1 Å². The summed E-state index contributed by atoms with van der Waals surface area (Å²) in [5.41, 5.74) is 3.51. The number of hydrogen-bond acceptors (Lipinski definition) is 1. The van der Waals surface area contributed by atoms with Crippen molar-refractivity contribution in [3.8, 4) is 0 Å². The zero-order valence-corrected chi connectivity index (χ0v) is 16.6. The molecule has 1 aliphatic rings. The molecule has 3 rings (SSSR count). The van der Waals surface area contributed by atoms with Crippen molar-refractivity contribution in [2.75, 3.05) is 0 Å². The number of nitrogens with one attached hydrogen (secondary N) is 1. The molecule has 0 spiro atoms. The Morgan fingerprint density at radius 3 is 2.46 bits per heavy atom. The zero-order chi connectivity index (χ0) is 18.2. The van der Waals surface area contributed by atoms with E-state index in [0.29, 0.717) is 6.54 Å². The van der Waals surface area contributed by atoms with E-state index in [1.54, 1.807) is 12.0 Å². The molecule has 1 radical (unpaired) electrons. The van der Waals surface area contributed by atoms with Gasteiger partial charge in [-0.3, -0.25) is 4.79 Å². The lowest BCUT2D eigenvalue weighted by Gasteiger charge is -2.20. The summed E-state index contributed by atoms with van der Waals surface area (Å²) in [6.07, 6.45) is 11.2. The van der Waals surface area contributed by atoms with Crippen molar-refractivity contribution in [2.45, 2.75) is 45.1 Å². The molecular weight excluding hydrogens is 386 g/mol. The number of carbonyl (C=O) groups excluding carboxylic acids is 1. The van der Waals surface area contributed by atoms with Gasteiger partial charge in [-0.1, -0.05) is 71.6 Å². The molecule has 0 heterocycles. The second kappa shape index (κ2) is 9.72. The highest BCUT2D eigenvalue weighted by molar-refractivity contribution is 9.10. The molecule has 0 bridgehead atoms. The van der Waals surface area contributed by atoms with Crippen molar-refractivity contribution in [3.05, 3.63) is 81.7 Å². The summed E-state index contributed by atoms with van der Waals surface area (Å²) in [5.74, 6) is 1.61. The van der Waals surface area contributed by atoms with Crippen molar-refractivity contribution < 1.29 is 4.79 Å². The van der Waals surface area contributed by atoms with Gasteiger partial charge in [-0.25, -0.2) is 0 Å². The lowest BCUT2D eigenvalue weighted by molar-refractivity contribution is -0.116. The number of benzene rings is 2. The van der Waals surface area contributed by atoms with Crippen molar-refractivity contribution in [2.24, 2.45) is 0 Å². The summed E-state index contributed by atoms with van der Waals surface area (Å²) in [4.78, 5) is 12.0. The summed E-state index contributed by atoms with van der Waals surface area (Å²) in [6, 6.07) is 16.5. The van der Waals surface area contributed by atoms with E-state index >= 15 is 0 Å². The summed E-state index contributed by atoms with van der Waals surface area (Å²) in [7, 11) is 0. The third-order valence-corrected chi connectivity index (χ3v) is 5.27. The van der Waals surface area contributed by atoms with E-state index in [1.165, 1.54) is 37.7 Å². The fourth-order valence-corrected chi connectivity index (χ4v) is 3.74. The van der Waals surface area contributed by atoms with Crippen LogP contribution in [0.25, 0.3) is 6.08 Å². The highest BCUT2D eigenvalue weighted by atomic mass is 79.9. The number of amides is 1. The van der Waals surface area contributed by atoms with E-state index in [-0.39, 0.29) is 5.91 Å². The van der Waals surface area contributed by atoms with Gasteiger partial charge in [-0.2, -0.15) is 0 Å². The van der Waals surface area contributed by atoms with Crippen LogP contribution in [0.4, 0.5) is 0 Å². The fraction of sp³-hybridized carbons (Fsp3) is 0.304. The van der Waals surface area contributed by atoms with Crippen molar-refractivity contribution in [1.29, 1.82) is 0 Å². The Hall–Kier alpha value is -1.87. The first-order valence-electron chi connectivity index (χ1n) is 9.32. The molecule has 2 aromatic rings. The van der Waals surface area contributed by atoms with Crippen LogP contribution in [0, 0.1) is 5.92 Å². The average molecular weight is 411 g/mol. The van der Waals surface area contributed by atoms with E-state index in [0.717, 1.165) is 22.0 Å². The summed E-state index contributed by atoms with van der Waals surface area (Å²) >= 11 is 3.43. The van der Waals surface area contributed by atoms with Gasteiger partial charge in [0, 0.05) is 17.1 Å². The summed E-state index contributed by atoms with van der Waals surface area (Å²) in [5, 5.41) is 2.94. The number of rotatable bonds is 6. The van der Waals surface area contributed by atoms with E-state index in [2.05, 4.69) is 45.5 Å². The molecule has 1 aliphatic carbocycles. The van der Waals surface area contributed by atoms with E-state index in [4.69, 9.17) is 0 Å². The van der Waals surface area contributed by atoms with Crippen LogP contribution in [0.3, 0.4) is 0 Å². The number of hydrogen-bond donors (Lipinski definition) is 1. The molecule has 135 valence electrons. The van der Waals surface area contributed by atoms with Crippen molar-refractivity contribution >= 4 is 27.9 Å². The molecule has 2 aromatic carbocycles. The third kappa shape index (κ3) is 6.14. The van der Waals surface area contributed by atoms with Crippen molar-refractivity contribution in [1.82, 2.24) is 5.32 Å². The largest absolute Gasteiger partial charge is 0.348 e. The molecule has 1 amide bonds. The van der Waals surface area contributed by atoms with Crippen LogP contribution < -0.4 is 5.32 Å². The summed E-state index contributed by atoms with van der Waals surface area (Å²) in [6.45, 7) is 0.554. The first-order valence-corrected chi connectivity index (χ1v) is 10.1. The zero-order valence-electron chi connectivity index (χ0n) is 15.0. The summed E-state index contributed by atoms with van der Waals surface area (Å²) < 4.78 is 1.01. The fourth-order valence-electron chi connectivity index (χ4n) is 3.32. The minimum absolute atomic E-state index is 0.0770. The lowest BCUT2D eigenvalue weighted by atomic mass is 9.85. The Morgan fingerprint density at radius 1 is 1.00 bits per heavy atom. The minimum atomic E-state index is -0.0770. The monoisotopic (exact) mass is 410 g/mol. The van der Waals surface area contributed by atoms with Gasteiger partial charge in [0.1, 0.15) is 0 Å². The van der Waals surface area contributed by atoms with E-state index in [1.807, 2.05) is 30.3 Å². The molecule has 1 saturated carbocycles. The average Bonchev–Trinajstić information content (AvgIpc) is 2.67. The second-order valence-electron chi connectivity index (χ2n) is 6.91. The Bertz CT molecular complexity index is 745. The molecule has 1 fully saturated rings. The van der Waals surface area contributed by atoms with Crippen LogP contribution in [0.2, 0.25) is 0 Å². The van der Waals surface area contributed by atoms with Gasteiger partial charge >= 0.3 is 0 Å². The van der Waals surface area contributed by atoms with Crippen LogP contribution in [0.15, 0.2) is 59.1 Å². The third-order valence-electron chi connectivity index (χ3n) is 4.78. The van der Waals surface area contributed by atoms with Gasteiger partial charge in [-0.15, -0.1) is 0 Å². The maximum absolute atomic E-state index is 12.0. The normalized spacial score (nSPS) is 15.3. The van der Waals surface area contributed by atoms with Gasteiger partial charge in [0.05, 0.1) is 0 Å².